The monoisotopic (exact) mass is 390 g/mol. The Morgan fingerprint density at radius 2 is 1.70 bits per heavy atom. The molecule has 2 aromatic carbocycles. The molecule has 0 saturated carbocycles. The predicted molar refractivity (Wildman–Crippen MR) is 108 cm³/mol. The molecule has 1 N–H and O–H groups in total. The van der Waals surface area contributed by atoms with Crippen molar-refractivity contribution in [2.45, 2.75) is 26.8 Å². The van der Waals surface area contributed by atoms with Crippen LogP contribution in [0.4, 0.5) is 5.69 Å². The smallest absolute Gasteiger partial charge is 0.241 e. The normalized spacial score (nSPS) is 12.3. The zero-order chi connectivity index (χ0) is 20.0. The second kappa shape index (κ2) is 8.90. The van der Waals surface area contributed by atoms with Crippen molar-refractivity contribution in [2.24, 2.45) is 0 Å². The largest absolute Gasteiger partial charge is 0.494 e. The molecule has 1 atom stereocenters. The number of nitrogens with one attached hydrogen (secondary N) is 1. The lowest BCUT2D eigenvalue weighted by atomic mass is 10.1. The van der Waals surface area contributed by atoms with E-state index in [-0.39, 0.29) is 18.5 Å². The van der Waals surface area contributed by atoms with Crippen LogP contribution in [-0.2, 0) is 14.8 Å². The fraction of sp³-hybridized carbons (Fsp3) is 0.350. The summed E-state index contributed by atoms with van der Waals surface area (Å²) in [5.41, 5.74) is 2.51. The molecule has 0 aliphatic rings. The Morgan fingerprint density at radius 1 is 1.11 bits per heavy atom. The van der Waals surface area contributed by atoms with E-state index in [4.69, 9.17) is 4.74 Å². The summed E-state index contributed by atoms with van der Waals surface area (Å²) >= 11 is 0. The third-order valence-corrected chi connectivity index (χ3v) is 5.22. The summed E-state index contributed by atoms with van der Waals surface area (Å²) in [6, 6.07) is 14.2. The van der Waals surface area contributed by atoms with Gasteiger partial charge in [-0.25, -0.2) is 8.42 Å². The van der Waals surface area contributed by atoms with Crippen LogP contribution in [0.2, 0.25) is 0 Å². The standard InChI is InChI=1S/C20H26N2O4S/c1-5-26-19-12-10-18(11-13-19)22(27(4,24)25)14-20(23)21-16(3)17-8-6-15(2)7-9-17/h6-13,16H,5,14H2,1-4H3,(H,21,23). The van der Waals surface area contributed by atoms with E-state index < -0.39 is 10.0 Å². The van der Waals surface area contributed by atoms with Gasteiger partial charge in [-0.05, 0) is 50.6 Å². The van der Waals surface area contributed by atoms with Crippen molar-refractivity contribution in [3.8, 4) is 5.75 Å². The summed E-state index contributed by atoms with van der Waals surface area (Å²) in [4.78, 5) is 12.5. The van der Waals surface area contributed by atoms with Crippen molar-refractivity contribution < 1.29 is 17.9 Å². The van der Waals surface area contributed by atoms with Crippen LogP contribution < -0.4 is 14.4 Å². The Bertz CT molecular complexity index is 862. The van der Waals surface area contributed by atoms with Crippen LogP contribution in [0.1, 0.15) is 31.0 Å². The molecule has 2 aromatic rings. The Labute approximate surface area is 161 Å². The summed E-state index contributed by atoms with van der Waals surface area (Å²) in [6.45, 7) is 5.96. The summed E-state index contributed by atoms with van der Waals surface area (Å²) in [6.07, 6.45) is 1.08. The molecule has 0 aromatic heterocycles. The van der Waals surface area contributed by atoms with Gasteiger partial charge in [0.15, 0.2) is 0 Å². The van der Waals surface area contributed by atoms with Crippen molar-refractivity contribution in [1.29, 1.82) is 0 Å². The molecule has 0 spiro atoms. The van der Waals surface area contributed by atoms with Gasteiger partial charge in [0.05, 0.1) is 24.6 Å². The van der Waals surface area contributed by atoms with Crippen LogP contribution >= 0.6 is 0 Å². The Hall–Kier alpha value is -2.54. The first kappa shape index (κ1) is 20.8. The van der Waals surface area contributed by atoms with Crippen molar-refractivity contribution in [1.82, 2.24) is 5.32 Å². The van der Waals surface area contributed by atoms with Crippen LogP contribution in [0.15, 0.2) is 48.5 Å². The number of carbonyl (C=O) groups is 1. The molecule has 2 rings (SSSR count). The molecule has 0 aliphatic heterocycles. The summed E-state index contributed by atoms with van der Waals surface area (Å²) in [5, 5.41) is 2.85. The molecular formula is C20H26N2O4S. The quantitative estimate of drug-likeness (QED) is 0.752. The number of sulfonamides is 1. The number of aryl methyl sites for hydroxylation is 1. The minimum absolute atomic E-state index is 0.222. The fourth-order valence-electron chi connectivity index (χ4n) is 2.63. The third-order valence-electron chi connectivity index (χ3n) is 4.08. The average Bonchev–Trinajstić information content (AvgIpc) is 2.60. The van der Waals surface area contributed by atoms with Gasteiger partial charge in [0.2, 0.25) is 15.9 Å². The van der Waals surface area contributed by atoms with E-state index in [0.717, 1.165) is 21.7 Å². The molecule has 27 heavy (non-hydrogen) atoms. The number of amides is 1. The lowest BCUT2D eigenvalue weighted by molar-refractivity contribution is -0.120. The van der Waals surface area contributed by atoms with Gasteiger partial charge in [-0.15, -0.1) is 0 Å². The Kier molecular flexibility index (Phi) is 6.85. The number of anilines is 1. The first-order valence-electron chi connectivity index (χ1n) is 8.77. The van der Waals surface area contributed by atoms with Gasteiger partial charge in [0, 0.05) is 0 Å². The highest BCUT2D eigenvalue weighted by atomic mass is 32.2. The molecule has 0 fully saturated rings. The molecule has 0 heterocycles. The topological polar surface area (TPSA) is 75.7 Å². The predicted octanol–water partition coefficient (Wildman–Crippen LogP) is 3.04. The Morgan fingerprint density at radius 3 is 2.22 bits per heavy atom. The van der Waals surface area contributed by atoms with Crippen molar-refractivity contribution in [3.63, 3.8) is 0 Å². The molecule has 146 valence electrons. The van der Waals surface area contributed by atoms with Crippen LogP contribution in [0.3, 0.4) is 0 Å². The third kappa shape index (κ3) is 5.99. The lowest BCUT2D eigenvalue weighted by Gasteiger charge is -2.23. The van der Waals surface area contributed by atoms with Crippen molar-refractivity contribution in [2.75, 3.05) is 23.7 Å². The lowest BCUT2D eigenvalue weighted by Crippen LogP contribution is -2.41. The highest BCUT2D eigenvalue weighted by Gasteiger charge is 2.22. The summed E-state index contributed by atoms with van der Waals surface area (Å²) in [7, 11) is -3.61. The second-order valence-electron chi connectivity index (χ2n) is 6.40. The fourth-order valence-corrected chi connectivity index (χ4v) is 3.49. The van der Waals surface area contributed by atoms with Gasteiger partial charge in [0.1, 0.15) is 12.3 Å². The molecule has 6 nitrogen and oxygen atoms in total. The SMILES string of the molecule is CCOc1ccc(N(CC(=O)NC(C)c2ccc(C)cc2)S(C)(=O)=O)cc1. The van der Waals surface area contributed by atoms with E-state index in [0.29, 0.717) is 18.0 Å². The molecule has 1 amide bonds. The van der Waals surface area contributed by atoms with Crippen LogP contribution in [0.5, 0.6) is 5.75 Å². The van der Waals surface area contributed by atoms with Crippen LogP contribution in [-0.4, -0.2) is 33.7 Å². The van der Waals surface area contributed by atoms with Crippen molar-refractivity contribution in [3.05, 3.63) is 59.7 Å². The molecule has 7 heteroatoms. The van der Waals surface area contributed by atoms with Gasteiger partial charge in [-0.2, -0.15) is 0 Å². The molecular weight excluding hydrogens is 364 g/mol. The Balaban J connectivity index is 2.11. The molecule has 0 bridgehead atoms. The zero-order valence-corrected chi connectivity index (χ0v) is 16.9. The maximum absolute atomic E-state index is 12.5. The van der Waals surface area contributed by atoms with Crippen LogP contribution in [0.25, 0.3) is 0 Å². The molecule has 0 aliphatic carbocycles. The maximum Gasteiger partial charge on any atom is 0.241 e. The van der Waals surface area contributed by atoms with E-state index >= 15 is 0 Å². The van der Waals surface area contributed by atoms with Gasteiger partial charge in [0.25, 0.3) is 0 Å². The van der Waals surface area contributed by atoms with Gasteiger partial charge < -0.3 is 10.1 Å². The number of hydrogen-bond acceptors (Lipinski definition) is 4. The average molecular weight is 391 g/mol. The highest BCUT2D eigenvalue weighted by Crippen LogP contribution is 2.22. The van der Waals surface area contributed by atoms with E-state index in [1.54, 1.807) is 24.3 Å². The maximum atomic E-state index is 12.5. The molecule has 0 radical (unpaired) electrons. The highest BCUT2D eigenvalue weighted by molar-refractivity contribution is 7.92. The van der Waals surface area contributed by atoms with E-state index in [1.807, 2.05) is 45.0 Å². The van der Waals surface area contributed by atoms with Crippen LogP contribution in [0, 0.1) is 6.92 Å². The minimum atomic E-state index is -3.61. The minimum Gasteiger partial charge on any atom is -0.494 e. The van der Waals surface area contributed by atoms with Crippen molar-refractivity contribution >= 4 is 21.6 Å². The zero-order valence-electron chi connectivity index (χ0n) is 16.1. The van der Waals surface area contributed by atoms with Gasteiger partial charge in [-0.1, -0.05) is 29.8 Å². The first-order valence-corrected chi connectivity index (χ1v) is 10.6. The number of benzene rings is 2. The van der Waals surface area contributed by atoms with E-state index in [9.17, 15) is 13.2 Å². The van der Waals surface area contributed by atoms with Gasteiger partial charge in [-0.3, -0.25) is 9.10 Å². The van der Waals surface area contributed by atoms with Gasteiger partial charge >= 0.3 is 0 Å². The number of rotatable bonds is 8. The number of nitrogens with zero attached hydrogens (tertiary/aromatic N) is 1. The summed E-state index contributed by atoms with van der Waals surface area (Å²) in [5.74, 6) is 0.273. The molecule has 1 unspecified atom stereocenters. The number of hydrogen-bond donors (Lipinski definition) is 1. The molecule has 0 saturated heterocycles. The van der Waals surface area contributed by atoms with E-state index in [2.05, 4.69) is 5.32 Å². The number of carbonyl (C=O) groups excluding carboxylic acids is 1. The number of ether oxygens (including phenoxy) is 1. The second-order valence-corrected chi connectivity index (χ2v) is 8.30. The first-order chi connectivity index (χ1) is 12.7. The summed E-state index contributed by atoms with van der Waals surface area (Å²) < 4.78 is 30.8. The van der Waals surface area contributed by atoms with E-state index in [1.165, 1.54) is 0 Å².